The highest BCUT2D eigenvalue weighted by Gasteiger charge is 2.44. The van der Waals surface area contributed by atoms with E-state index < -0.39 is 70.1 Å². The Hall–Kier alpha value is -2.49. The van der Waals surface area contributed by atoms with Gasteiger partial charge in [-0.25, -0.2) is 8.42 Å². The summed E-state index contributed by atoms with van der Waals surface area (Å²) in [7, 11) is -3.44. The van der Waals surface area contributed by atoms with Crippen LogP contribution in [0.3, 0.4) is 0 Å². The molecule has 0 bridgehead atoms. The first-order valence-corrected chi connectivity index (χ1v) is 15.0. The Morgan fingerprint density at radius 2 is 2.00 bits per heavy atom. The Balaban J connectivity index is 1.89. The van der Waals surface area contributed by atoms with Crippen molar-refractivity contribution in [3.63, 3.8) is 0 Å². The number of hydrogen-bond donors (Lipinski definition) is 3. The number of benzene rings is 1. The van der Waals surface area contributed by atoms with E-state index in [0.29, 0.717) is 0 Å². The Bertz CT molecular complexity index is 1370. The molecule has 1 amide bonds. The van der Waals surface area contributed by atoms with Gasteiger partial charge in [0.15, 0.2) is 5.69 Å². The molecule has 9 nitrogen and oxygen atoms in total. The number of aliphatic hydroxyl groups excluding tert-OH is 1. The number of alkyl halides is 5. The molecule has 1 aliphatic rings. The van der Waals surface area contributed by atoms with Crippen molar-refractivity contribution in [3.8, 4) is 17.0 Å². The average Bonchev–Trinajstić information content (AvgIpc) is 3.19. The molecule has 1 fully saturated rings. The third-order valence-corrected chi connectivity index (χ3v) is 9.19. The molecule has 0 aliphatic heterocycles. The number of nitrogens with one attached hydrogen (secondary N) is 1. The van der Waals surface area contributed by atoms with E-state index in [4.69, 9.17) is 11.6 Å². The van der Waals surface area contributed by atoms with Crippen molar-refractivity contribution in [2.45, 2.75) is 75.8 Å². The Morgan fingerprint density at radius 3 is 2.54 bits per heavy atom. The third-order valence-electron chi connectivity index (χ3n) is 7.19. The number of aryl methyl sites for hydroxylation is 1. The molecule has 1 aromatic heterocycles. The molecule has 1 heterocycles. The highest BCUT2D eigenvalue weighted by molar-refractivity contribution is 7.91. The van der Waals surface area contributed by atoms with Gasteiger partial charge in [-0.15, -0.1) is 0 Å². The van der Waals surface area contributed by atoms with Gasteiger partial charge in [-0.3, -0.25) is 9.48 Å². The van der Waals surface area contributed by atoms with E-state index >= 15 is 0 Å². The van der Waals surface area contributed by atoms with Crippen LogP contribution in [-0.2, 0) is 22.8 Å². The van der Waals surface area contributed by atoms with Gasteiger partial charge in [-0.2, -0.15) is 27.1 Å². The lowest BCUT2D eigenvalue weighted by molar-refractivity contribution is -0.169. The zero-order chi connectivity index (χ0) is 30.9. The van der Waals surface area contributed by atoms with Crippen LogP contribution in [-0.4, -0.2) is 76.9 Å². The summed E-state index contributed by atoms with van der Waals surface area (Å²) in [5.41, 5.74) is -2.12. The lowest BCUT2D eigenvalue weighted by atomic mass is 9.82. The van der Waals surface area contributed by atoms with Crippen molar-refractivity contribution in [1.29, 1.82) is 0 Å². The maximum atomic E-state index is 13.3. The van der Waals surface area contributed by atoms with Gasteiger partial charge in [0, 0.05) is 24.9 Å². The van der Waals surface area contributed by atoms with Crippen LogP contribution < -0.4 is 10.1 Å². The number of carbonyl (C=O) groups excluding carboxylic acids is 1. The molecular formula is C25H31ClF5N3O6S. The first-order chi connectivity index (χ1) is 18.9. The second-order valence-corrected chi connectivity index (χ2v) is 12.9. The summed E-state index contributed by atoms with van der Waals surface area (Å²) >= 11 is 6.47. The fraction of sp³-hybridized carbons (Fsp3) is 0.600. The van der Waals surface area contributed by atoms with Crippen molar-refractivity contribution in [3.05, 3.63) is 34.5 Å². The highest BCUT2D eigenvalue weighted by Crippen LogP contribution is 2.39. The van der Waals surface area contributed by atoms with Crippen LogP contribution >= 0.6 is 11.6 Å². The van der Waals surface area contributed by atoms with Crippen LogP contribution in [0.5, 0.6) is 5.75 Å². The van der Waals surface area contributed by atoms with E-state index in [1.54, 1.807) is 6.92 Å². The Labute approximate surface area is 238 Å². The van der Waals surface area contributed by atoms with E-state index in [9.17, 15) is 45.4 Å². The molecule has 41 heavy (non-hydrogen) atoms. The van der Waals surface area contributed by atoms with Gasteiger partial charge in [0.2, 0.25) is 0 Å². The molecule has 1 aromatic carbocycles. The van der Waals surface area contributed by atoms with Gasteiger partial charge >= 0.3 is 12.8 Å². The monoisotopic (exact) mass is 631 g/mol. The van der Waals surface area contributed by atoms with E-state index in [2.05, 4.69) is 15.2 Å². The van der Waals surface area contributed by atoms with Gasteiger partial charge in [-0.05, 0) is 50.3 Å². The summed E-state index contributed by atoms with van der Waals surface area (Å²) in [5, 5.41) is 26.7. The van der Waals surface area contributed by atoms with Crippen LogP contribution in [0.2, 0.25) is 5.02 Å². The topological polar surface area (TPSA) is 131 Å². The van der Waals surface area contributed by atoms with E-state index in [1.165, 1.54) is 16.8 Å². The van der Waals surface area contributed by atoms with Crippen LogP contribution in [0.15, 0.2) is 18.2 Å². The van der Waals surface area contributed by atoms with Gasteiger partial charge in [0.1, 0.15) is 21.2 Å². The Kier molecular flexibility index (Phi) is 9.98. The number of aliphatic hydroxyl groups is 2. The molecule has 0 unspecified atom stereocenters. The molecular weight excluding hydrogens is 601 g/mol. The minimum Gasteiger partial charge on any atom is -0.434 e. The molecule has 3 rings (SSSR count). The summed E-state index contributed by atoms with van der Waals surface area (Å²) in [6, 6.07) is 3.62. The molecule has 1 saturated carbocycles. The predicted octanol–water partition coefficient (Wildman–Crippen LogP) is 3.98. The quantitative estimate of drug-likeness (QED) is 0.338. The molecule has 4 atom stereocenters. The lowest BCUT2D eigenvalue weighted by Gasteiger charge is -2.39. The minimum absolute atomic E-state index is 0.00204. The number of ether oxygens (including phenoxy) is 1. The maximum absolute atomic E-state index is 13.3. The third kappa shape index (κ3) is 7.67. The summed E-state index contributed by atoms with van der Waals surface area (Å²) < 4.78 is 95.1. The summed E-state index contributed by atoms with van der Waals surface area (Å²) in [6.45, 7) is -1.07. The molecule has 0 spiro atoms. The summed E-state index contributed by atoms with van der Waals surface area (Å²) in [5.74, 6) is -3.08. The minimum atomic E-state index is -4.50. The van der Waals surface area contributed by atoms with Crippen molar-refractivity contribution >= 4 is 27.3 Å². The average molecular weight is 632 g/mol. The van der Waals surface area contributed by atoms with Gasteiger partial charge in [-0.1, -0.05) is 24.6 Å². The van der Waals surface area contributed by atoms with Crippen LogP contribution in [0.1, 0.15) is 49.2 Å². The maximum Gasteiger partial charge on any atom is 0.391 e. The predicted molar refractivity (Wildman–Crippen MR) is 140 cm³/mol. The second-order valence-electron chi connectivity index (χ2n) is 10.2. The lowest BCUT2D eigenvalue weighted by Crippen LogP contribution is -2.56. The number of rotatable bonds is 10. The largest absolute Gasteiger partial charge is 0.434 e. The first kappa shape index (κ1) is 33.0. The van der Waals surface area contributed by atoms with Crippen LogP contribution in [0.4, 0.5) is 22.0 Å². The Morgan fingerprint density at radius 1 is 1.34 bits per heavy atom. The van der Waals surface area contributed by atoms with Crippen LogP contribution in [0.25, 0.3) is 11.3 Å². The number of carbonyl (C=O) groups is 1. The van der Waals surface area contributed by atoms with Crippen molar-refractivity contribution in [2.75, 3.05) is 12.8 Å². The molecule has 230 valence electrons. The molecule has 16 heteroatoms. The van der Waals surface area contributed by atoms with Gasteiger partial charge in [0.25, 0.3) is 5.91 Å². The fourth-order valence-electron chi connectivity index (χ4n) is 4.70. The number of halogens is 6. The van der Waals surface area contributed by atoms with Crippen molar-refractivity contribution in [2.24, 2.45) is 5.92 Å². The first-order valence-electron chi connectivity index (χ1n) is 12.7. The number of nitrogens with zero attached hydrogens (tertiary/aromatic N) is 2. The van der Waals surface area contributed by atoms with Crippen molar-refractivity contribution in [1.82, 2.24) is 15.1 Å². The summed E-state index contributed by atoms with van der Waals surface area (Å²) in [6.07, 6.45) is -5.64. The molecule has 2 aromatic rings. The number of sulfone groups is 1. The molecule has 1 aliphatic carbocycles. The zero-order valence-corrected chi connectivity index (χ0v) is 24.0. The van der Waals surface area contributed by atoms with Gasteiger partial charge in [0.05, 0.1) is 28.0 Å². The van der Waals surface area contributed by atoms with E-state index in [1.807, 2.05) is 0 Å². The smallest absolute Gasteiger partial charge is 0.391 e. The number of amides is 1. The number of hydrogen-bond acceptors (Lipinski definition) is 7. The molecule has 0 saturated heterocycles. The van der Waals surface area contributed by atoms with Crippen LogP contribution in [0, 0.1) is 5.92 Å². The standard InChI is InChI=1S/C25H31ClF5N3O6S/c1-4-34-21(16-6-5-14(9-13(2)25(29,30)31)10-17(16)40-23(27)28)19(26)20(33-34)22(36)32-12-24(37)8-7-15(11-18(24)35)41(3,38)39/h5-6,10,13,15,18,23,35,37H,4,7-9,11-12H2,1-3H3,(H,32,36)/t13-,15-,18-,24-/m1/s1. The molecule has 3 N–H and O–H groups in total. The highest BCUT2D eigenvalue weighted by atomic mass is 35.5. The zero-order valence-electron chi connectivity index (χ0n) is 22.4. The normalized spacial score (nSPS) is 22.5. The SMILES string of the molecule is CCn1nc(C(=O)NC[C@]2(O)CC[C@@H](S(C)(=O)=O)C[C@H]2O)c(Cl)c1-c1ccc(C[C@@H](C)C(F)(F)F)cc1OC(F)F. The summed E-state index contributed by atoms with van der Waals surface area (Å²) in [4.78, 5) is 13.0. The number of aromatic nitrogens is 2. The molecule has 0 radical (unpaired) electrons. The van der Waals surface area contributed by atoms with Crippen molar-refractivity contribution < 1.29 is 50.1 Å². The fourth-order valence-corrected chi connectivity index (χ4v) is 6.10. The second kappa shape index (κ2) is 12.4. The van der Waals surface area contributed by atoms with E-state index in [0.717, 1.165) is 19.2 Å². The van der Waals surface area contributed by atoms with Gasteiger partial charge < -0.3 is 20.3 Å². The van der Waals surface area contributed by atoms with E-state index in [-0.39, 0.29) is 53.3 Å².